The van der Waals surface area contributed by atoms with Gasteiger partial charge in [0.05, 0.1) is 11.4 Å². The predicted octanol–water partition coefficient (Wildman–Crippen LogP) is 4.56. The topological polar surface area (TPSA) is 41.6 Å². The van der Waals surface area contributed by atoms with E-state index in [9.17, 15) is 4.79 Å². The second kappa shape index (κ2) is 8.26. The summed E-state index contributed by atoms with van der Waals surface area (Å²) in [6.45, 7) is 8.43. The van der Waals surface area contributed by atoms with E-state index in [0.29, 0.717) is 0 Å². The SMILES string of the molecule is Cc1cccc(OCC(=O)Nc2ccccc2N2CCC(C)CC2)c1C. The Labute approximate surface area is 156 Å². The number of carbonyl (C=O) groups is 1. The normalized spacial score (nSPS) is 15.0. The molecule has 1 aliphatic heterocycles. The van der Waals surface area contributed by atoms with Crippen molar-refractivity contribution in [2.24, 2.45) is 5.92 Å². The van der Waals surface area contributed by atoms with E-state index >= 15 is 0 Å². The van der Waals surface area contributed by atoms with E-state index in [0.717, 1.165) is 47.3 Å². The average Bonchev–Trinajstić information content (AvgIpc) is 2.64. The summed E-state index contributed by atoms with van der Waals surface area (Å²) in [6, 6.07) is 13.9. The van der Waals surface area contributed by atoms with E-state index in [2.05, 4.69) is 23.2 Å². The maximum Gasteiger partial charge on any atom is 0.262 e. The van der Waals surface area contributed by atoms with Crippen molar-refractivity contribution in [3.8, 4) is 5.75 Å². The maximum absolute atomic E-state index is 12.4. The molecule has 1 N–H and O–H groups in total. The number of nitrogens with zero attached hydrogens (tertiary/aromatic N) is 1. The minimum absolute atomic E-state index is 0.00959. The van der Waals surface area contributed by atoms with Crippen molar-refractivity contribution >= 4 is 17.3 Å². The number of hydrogen-bond acceptors (Lipinski definition) is 3. The molecule has 1 aliphatic rings. The number of anilines is 2. The second-order valence-corrected chi connectivity index (χ2v) is 7.22. The standard InChI is InChI=1S/C22H28N2O2/c1-16-11-13-24(14-12-16)20-9-5-4-8-19(20)23-22(25)15-26-21-10-6-7-17(2)18(21)3/h4-10,16H,11-15H2,1-3H3,(H,23,25). The summed E-state index contributed by atoms with van der Waals surface area (Å²) in [5, 5.41) is 3.02. The number of aryl methyl sites for hydroxylation is 1. The fourth-order valence-electron chi connectivity index (χ4n) is 3.31. The number of ether oxygens (including phenoxy) is 1. The molecular formula is C22H28N2O2. The van der Waals surface area contributed by atoms with E-state index in [1.165, 1.54) is 12.8 Å². The highest BCUT2D eigenvalue weighted by atomic mass is 16.5. The van der Waals surface area contributed by atoms with Crippen LogP contribution in [-0.4, -0.2) is 25.6 Å². The number of hydrogen-bond donors (Lipinski definition) is 1. The highest BCUT2D eigenvalue weighted by molar-refractivity contribution is 5.95. The molecule has 1 fully saturated rings. The molecule has 0 atom stereocenters. The summed E-state index contributed by atoms with van der Waals surface area (Å²) in [6.07, 6.45) is 2.38. The van der Waals surface area contributed by atoms with E-state index in [-0.39, 0.29) is 12.5 Å². The molecule has 0 spiro atoms. The van der Waals surface area contributed by atoms with Gasteiger partial charge < -0.3 is 15.0 Å². The molecule has 2 aromatic carbocycles. The molecular weight excluding hydrogens is 324 g/mol. The minimum Gasteiger partial charge on any atom is -0.483 e. The van der Waals surface area contributed by atoms with Crippen LogP contribution in [0, 0.1) is 19.8 Å². The van der Waals surface area contributed by atoms with Gasteiger partial charge in [-0.2, -0.15) is 0 Å². The molecule has 0 unspecified atom stereocenters. The van der Waals surface area contributed by atoms with Gasteiger partial charge in [0.25, 0.3) is 5.91 Å². The molecule has 0 saturated carbocycles. The summed E-state index contributed by atoms with van der Waals surface area (Å²) in [7, 11) is 0. The van der Waals surface area contributed by atoms with Crippen LogP contribution < -0.4 is 15.0 Å². The first kappa shape index (κ1) is 18.3. The number of carbonyl (C=O) groups excluding carboxylic acids is 1. The van der Waals surface area contributed by atoms with E-state index < -0.39 is 0 Å². The Morgan fingerprint density at radius 2 is 1.85 bits per heavy atom. The number of nitrogens with one attached hydrogen (secondary N) is 1. The quantitative estimate of drug-likeness (QED) is 0.858. The Kier molecular flexibility index (Phi) is 5.82. The van der Waals surface area contributed by atoms with Gasteiger partial charge in [-0.3, -0.25) is 4.79 Å². The van der Waals surface area contributed by atoms with Crippen LogP contribution in [0.5, 0.6) is 5.75 Å². The fourth-order valence-corrected chi connectivity index (χ4v) is 3.31. The van der Waals surface area contributed by atoms with Gasteiger partial charge in [-0.15, -0.1) is 0 Å². The van der Waals surface area contributed by atoms with Crippen molar-refractivity contribution in [1.82, 2.24) is 0 Å². The van der Waals surface area contributed by atoms with Gasteiger partial charge >= 0.3 is 0 Å². The zero-order chi connectivity index (χ0) is 18.5. The van der Waals surface area contributed by atoms with Crippen molar-refractivity contribution in [2.45, 2.75) is 33.6 Å². The molecule has 1 amide bonds. The highest BCUT2D eigenvalue weighted by Crippen LogP contribution is 2.29. The summed E-state index contributed by atoms with van der Waals surface area (Å²) >= 11 is 0. The van der Waals surface area contributed by atoms with Gasteiger partial charge in [-0.05, 0) is 61.9 Å². The molecule has 4 heteroatoms. The largest absolute Gasteiger partial charge is 0.483 e. The first-order valence-electron chi connectivity index (χ1n) is 9.37. The van der Waals surface area contributed by atoms with Crippen molar-refractivity contribution in [1.29, 1.82) is 0 Å². The van der Waals surface area contributed by atoms with E-state index in [4.69, 9.17) is 4.74 Å². The van der Waals surface area contributed by atoms with Crippen molar-refractivity contribution in [3.05, 3.63) is 53.6 Å². The monoisotopic (exact) mass is 352 g/mol. The van der Waals surface area contributed by atoms with Crippen LogP contribution in [0.25, 0.3) is 0 Å². The van der Waals surface area contributed by atoms with Crippen molar-refractivity contribution in [2.75, 3.05) is 29.9 Å². The summed E-state index contributed by atoms with van der Waals surface area (Å²) in [5.41, 5.74) is 4.19. The van der Waals surface area contributed by atoms with Crippen LogP contribution in [0.1, 0.15) is 30.9 Å². The Hall–Kier alpha value is -2.49. The van der Waals surface area contributed by atoms with Crippen LogP contribution in [0.4, 0.5) is 11.4 Å². The van der Waals surface area contributed by atoms with Crippen LogP contribution in [0.15, 0.2) is 42.5 Å². The molecule has 1 heterocycles. The first-order chi connectivity index (χ1) is 12.5. The fraction of sp³-hybridized carbons (Fsp3) is 0.409. The van der Waals surface area contributed by atoms with Gasteiger partial charge in [-0.25, -0.2) is 0 Å². The van der Waals surface area contributed by atoms with Crippen LogP contribution in [0.3, 0.4) is 0 Å². The first-order valence-corrected chi connectivity index (χ1v) is 9.37. The molecule has 1 saturated heterocycles. The number of benzene rings is 2. The molecule has 0 aromatic heterocycles. The van der Waals surface area contributed by atoms with Crippen LogP contribution in [0.2, 0.25) is 0 Å². The second-order valence-electron chi connectivity index (χ2n) is 7.22. The Balaban J connectivity index is 1.63. The van der Waals surface area contributed by atoms with Gasteiger partial charge in [0.15, 0.2) is 6.61 Å². The Morgan fingerprint density at radius 1 is 1.12 bits per heavy atom. The third kappa shape index (κ3) is 4.37. The Bertz CT molecular complexity index is 764. The molecule has 0 aliphatic carbocycles. The van der Waals surface area contributed by atoms with Crippen molar-refractivity contribution in [3.63, 3.8) is 0 Å². The third-order valence-corrected chi connectivity index (χ3v) is 5.22. The number of amides is 1. The molecule has 26 heavy (non-hydrogen) atoms. The Morgan fingerprint density at radius 3 is 2.62 bits per heavy atom. The smallest absolute Gasteiger partial charge is 0.262 e. The number of para-hydroxylation sites is 2. The van der Waals surface area contributed by atoms with Gasteiger partial charge in [0.1, 0.15) is 5.75 Å². The van der Waals surface area contributed by atoms with Crippen LogP contribution >= 0.6 is 0 Å². The molecule has 138 valence electrons. The average molecular weight is 352 g/mol. The minimum atomic E-state index is -0.135. The van der Waals surface area contributed by atoms with Gasteiger partial charge in [0.2, 0.25) is 0 Å². The number of rotatable bonds is 5. The van der Waals surface area contributed by atoms with Crippen LogP contribution in [-0.2, 0) is 4.79 Å². The molecule has 0 radical (unpaired) electrons. The van der Waals surface area contributed by atoms with Gasteiger partial charge in [-0.1, -0.05) is 31.2 Å². The lowest BCUT2D eigenvalue weighted by atomic mass is 9.98. The maximum atomic E-state index is 12.4. The van der Waals surface area contributed by atoms with E-state index in [1.54, 1.807) is 0 Å². The van der Waals surface area contributed by atoms with Crippen molar-refractivity contribution < 1.29 is 9.53 Å². The summed E-state index contributed by atoms with van der Waals surface area (Å²) < 4.78 is 5.73. The molecule has 4 nitrogen and oxygen atoms in total. The molecule has 2 aromatic rings. The number of piperidine rings is 1. The molecule has 3 rings (SSSR count). The zero-order valence-electron chi connectivity index (χ0n) is 15.9. The lowest BCUT2D eigenvalue weighted by Crippen LogP contribution is -2.33. The lowest BCUT2D eigenvalue weighted by molar-refractivity contribution is -0.118. The molecule has 0 bridgehead atoms. The van der Waals surface area contributed by atoms with Gasteiger partial charge in [0, 0.05) is 13.1 Å². The predicted molar refractivity (Wildman–Crippen MR) is 107 cm³/mol. The lowest BCUT2D eigenvalue weighted by Gasteiger charge is -2.33. The summed E-state index contributed by atoms with van der Waals surface area (Å²) in [4.78, 5) is 14.8. The van der Waals surface area contributed by atoms with E-state index in [1.807, 2.05) is 50.2 Å². The summed E-state index contributed by atoms with van der Waals surface area (Å²) in [5.74, 6) is 1.40. The highest BCUT2D eigenvalue weighted by Gasteiger charge is 2.19. The zero-order valence-corrected chi connectivity index (χ0v) is 15.9. The third-order valence-electron chi connectivity index (χ3n) is 5.22.